The van der Waals surface area contributed by atoms with Crippen LogP contribution in [0.25, 0.3) is 0 Å². The number of aryl methyl sites for hydroxylation is 2. The number of carbonyl (C=O) groups excluding carboxylic acids is 1. The summed E-state index contributed by atoms with van der Waals surface area (Å²) >= 11 is 0. The molecule has 2 saturated heterocycles. The summed E-state index contributed by atoms with van der Waals surface area (Å²) in [7, 11) is 0. The van der Waals surface area contributed by atoms with Gasteiger partial charge in [-0.15, -0.1) is 0 Å². The van der Waals surface area contributed by atoms with E-state index in [0.29, 0.717) is 24.8 Å². The Morgan fingerprint density at radius 2 is 2.04 bits per heavy atom. The standard InChI is InChI=1S/C22H34N2O2/c1-16(2)9-21(26)24-8-7-20-12-23(13-22(20,14-24)15-25)11-19-6-5-17(3)18(4)10-19/h5-6,10,16,20,25H,7-9,11-15H2,1-4H3/t20-,22-/m0/s1. The molecule has 3 rings (SSSR count). The van der Waals surface area contributed by atoms with Crippen LogP contribution in [-0.4, -0.2) is 53.6 Å². The van der Waals surface area contributed by atoms with Crippen molar-refractivity contribution < 1.29 is 9.90 Å². The zero-order valence-electron chi connectivity index (χ0n) is 16.8. The third kappa shape index (κ3) is 3.96. The van der Waals surface area contributed by atoms with E-state index in [-0.39, 0.29) is 17.9 Å². The van der Waals surface area contributed by atoms with Crippen LogP contribution in [0.4, 0.5) is 0 Å². The molecule has 1 aromatic rings. The van der Waals surface area contributed by atoms with Gasteiger partial charge in [0.1, 0.15) is 0 Å². The predicted octanol–water partition coefficient (Wildman–Crippen LogP) is 2.99. The molecule has 0 saturated carbocycles. The van der Waals surface area contributed by atoms with Gasteiger partial charge >= 0.3 is 0 Å². The minimum absolute atomic E-state index is 0.148. The van der Waals surface area contributed by atoms with Gasteiger partial charge in [0.15, 0.2) is 0 Å². The average Bonchev–Trinajstić information content (AvgIpc) is 2.95. The quantitative estimate of drug-likeness (QED) is 0.880. The third-order valence-electron chi connectivity index (χ3n) is 6.36. The molecule has 0 unspecified atom stereocenters. The van der Waals surface area contributed by atoms with Crippen LogP contribution in [-0.2, 0) is 11.3 Å². The van der Waals surface area contributed by atoms with Crippen molar-refractivity contribution in [2.45, 2.75) is 47.1 Å². The topological polar surface area (TPSA) is 43.8 Å². The van der Waals surface area contributed by atoms with Crippen LogP contribution in [0.15, 0.2) is 18.2 Å². The van der Waals surface area contributed by atoms with Crippen molar-refractivity contribution >= 4 is 5.91 Å². The monoisotopic (exact) mass is 358 g/mol. The molecule has 0 aliphatic carbocycles. The highest BCUT2D eigenvalue weighted by molar-refractivity contribution is 5.76. The van der Waals surface area contributed by atoms with Crippen LogP contribution in [0.5, 0.6) is 0 Å². The average molecular weight is 359 g/mol. The molecule has 2 atom stereocenters. The minimum atomic E-state index is -0.148. The van der Waals surface area contributed by atoms with Gasteiger partial charge in [-0.05, 0) is 48.8 Å². The summed E-state index contributed by atoms with van der Waals surface area (Å²) in [5.41, 5.74) is 3.86. The van der Waals surface area contributed by atoms with Gasteiger partial charge < -0.3 is 10.0 Å². The second-order valence-corrected chi connectivity index (χ2v) is 9.01. The summed E-state index contributed by atoms with van der Waals surface area (Å²) in [5.74, 6) is 1.12. The summed E-state index contributed by atoms with van der Waals surface area (Å²) in [6, 6.07) is 6.69. The molecular weight excluding hydrogens is 324 g/mol. The van der Waals surface area contributed by atoms with Gasteiger partial charge in [-0.2, -0.15) is 0 Å². The highest BCUT2D eigenvalue weighted by Crippen LogP contribution is 2.42. The molecule has 2 aliphatic rings. The smallest absolute Gasteiger partial charge is 0.222 e. The minimum Gasteiger partial charge on any atom is -0.396 e. The van der Waals surface area contributed by atoms with Gasteiger partial charge in [-0.3, -0.25) is 9.69 Å². The number of likely N-dealkylation sites (tertiary alicyclic amines) is 2. The van der Waals surface area contributed by atoms with Crippen LogP contribution >= 0.6 is 0 Å². The fourth-order valence-electron chi connectivity index (χ4n) is 4.69. The lowest BCUT2D eigenvalue weighted by Gasteiger charge is -2.43. The lowest BCUT2D eigenvalue weighted by molar-refractivity contribution is -0.137. The van der Waals surface area contributed by atoms with E-state index in [1.165, 1.54) is 16.7 Å². The molecule has 2 fully saturated rings. The molecule has 0 radical (unpaired) electrons. The molecule has 4 heteroatoms. The van der Waals surface area contributed by atoms with Crippen molar-refractivity contribution in [3.8, 4) is 0 Å². The first kappa shape index (κ1) is 19.4. The maximum absolute atomic E-state index is 12.5. The van der Waals surface area contributed by atoms with E-state index in [4.69, 9.17) is 0 Å². The van der Waals surface area contributed by atoms with Crippen LogP contribution in [0.1, 0.15) is 43.4 Å². The zero-order chi connectivity index (χ0) is 18.9. The summed E-state index contributed by atoms with van der Waals surface area (Å²) < 4.78 is 0. The summed E-state index contributed by atoms with van der Waals surface area (Å²) in [5, 5.41) is 10.2. The van der Waals surface area contributed by atoms with E-state index >= 15 is 0 Å². The first-order valence-corrected chi connectivity index (χ1v) is 10.00. The summed E-state index contributed by atoms with van der Waals surface area (Å²) in [6.45, 7) is 13.1. The molecule has 0 spiro atoms. The van der Waals surface area contributed by atoms with Crippen molar-refractivity contribution in [1.82, 2.24) is 9.80 Å². The van der Waals surface area contributed by atoms with Crippen molar-refractivity contribution in [2.75, 3.05) is 32.8 Å². The van der Waals surface area contributed by atoms with E-state index in [1.807, 2.05) is 4.90 Å². The number of piperidine rings is 1. The number of carbonyl (C=O) groups is 1. The molecule has 2 heterocycles. The highest BCUT2D eigenvalue weighted by Gasteiger charge is 2.49. The van der Waals surface area contributed by atoms with Crippen molar-refractivity contribution in [1.29, 1.82) is 0 Å². The maximum atomic E-state index is 12.5. The molecule has 4 nitrogen and oxygen atoms in total. The number of hydrogen-bond acceptors (Lipinski definition) is 3. The second-order valence-electron chi connectivity index (χ2n) is 9.01. The number of fused-ring (bicyclic) bond motifs is 1. The van der Waals surface area contributed by atoms with Gasteiger partial charge in [-0.25, -0.2) is 0 Å². The van der Waals surface area contributed by atoms with E-state index in [1.54, 1.807) is 0 Å². The second kappa shape index (κ2) is 7.69. The summed E-state index contributed by atoms with van der Waals surface area (Å²) in [6.07, 6.45) is 1.62. The Labute approximate surface area is 158 Å². The first-order valence-electron chi connectivity index (χ1n) is 10.00. The van der Waals surface area contributed by atoms with E-state index in [2.05, 4.69) is 50.8 Å². The molecule has 0 aromatic heterocycles. The van der Waals surface area contributed by atoms with E-state index < -0.39 is 0 Å². The number of nitrogens with zero attached hydrogens (tertiary/aromatic N) is 2. The lowest BCUT2D eigenvalue weighted by Crippen LogP contribution is -2.52. The van der Waals surface area contributed by atoms with Crippen LogP contribution in [0, 0.1) is 31.1 Å². The number of aliphatic hydroxyl groups is 1. The van der Waals surface area contributed by atoms with Crippen molar-refractivity contribution in [2.24, 2.45) is 17.3 Å². The lowest BCUT2D eigenvalue weighted by atomic mass is 9.74. The van der Waals surface area contributed by atoms with Gasteiger partial charge in [0.2, 0.25) is 5.91 Å². The molecule has 1 N–H and O–H groups in total. The highest BCUT2D eigenvalue weighted by atomic mass is 16.3. The number of aliphatic hydroxyl groups excluding tert-OH is 1. The van der Waals surface area contributed by atoms with Gasteiger partial charge in [-0.1, -0.05) is 32.0 Å². The van der Waals surface area contributed by atoms with E-state index in [0.717, 1.165) is 32.6 Å². The molecule has 0 bridgehead atoms. The van der Waals surface area contributed by atoms with Crippen molar-refractivity contribution in [3.63, 3.8) is 0 Å². The number of hydrogen-bond donors (Lipinski definition) is 1. The number of amides is 1. The van der Waals surface area contributed by atoms with Crippen LogP contribution in [0.2, 0.25) is 0 Å². The zero-order valence-corrected chi connectivity index (χ0v) is 16.8. The molecule has 144 valence electrons. The van der Waals surface area contributed by atoms with Crippen LogP contribution < -0.4 is 0 Å². The Morgan fingerprint density at radius 3 is 2.69 bits per heavy atom. The Hall–Kier alpha value is -1.39. The summed E-state index contributed by atoms with van der Waals surface area (Å²) in [4.78, 5) is 17.0. The maximum Gasteiger partial charge on any atom is 0.222 e. The molecule has 2 aliphatic heterocycles. The number of benzene rings is 1. The largest absolute Gasteiger partial charge is 0.396 e. The normalized spacial score (nSPS) is 26.4. The molecule has 1 aromatic carbocycles. The van der Waals surface area contributed by atoms with E-state index in [9.17, 15) is 9.90 Å². The Kier molecular flexibility index (Phi) is 5.73. The Morgan fingerprint density at radius 1 is 1.27 bits per heavy atom. The van der Waals surface area contributed by atoms with Gasteiger partial charge in [0, 0.05) is 44.6 Å². The fourth-order valence-corrected chi connectivity index (χ4v) is 4.69. The van der Waals surface area contributed by atoms with Crippen molar-refractivity contribution in [3.05, 3.63) is 34.9 Å². The van der Waals surface area contributed by atoms with Crippen LogP contribution in [0.3, 0.4) is 0 Å². The van der Waals surface area contributed by atoms with Gasteiger partial charge in [0.25, 0.3) is 0 Å². The SMILES string of the molecule is Cc1ccc(CN2C[C@@H]3CCN(C(=O)CC(C)C)C[C@]3(CO)C2)cc1C. The first-order chi connectivity index (χ1) is 12.3. The Balaban J connectivity index is 1.68. The molecule has 1 amide bonds. The molecule has 26 heavy (non-hydrogen) atoms. The molecular formula is C22H34N2O2. The Bertz CT molecular complexity index is 658. The third-order valence-corrected chi connectivity index (χ3v) is 6.36. The fraction of sp³-hybridized carbons (Fsp3) is 0.682. The van der Waals surface area contributed by atoms with Gasteiger partial charge in [0.05, 0.1) is 6.61 Å². The number of rotatable bonds is 5. The predicted molar refractivity (Wildman–Crippen MR) is 105 cm³/mol.